The fourth-order valence-corrected chi connectivity index (χ4v) is 9.48. The monoisotopic (exact) mass is 653 g/mol. The lowest BCUT2D eigenvalue weighted by molar-refractivity contribution is -0.0373. The molecule has 6 aromatic carbocycles. The molecule has 0 spiro atoms. The molecule has 0 aromatic heterocycles. The molecule has 230 valence electrons. The molecule has 3 unspecified atom stereocenters. The van der Waals surface area contributed by atoms with Crippen LogP contribution in [0.5, 0.6) is 0 Å². The highest BCUT2D eigenvalue weighted by Crippen LogP contribution is 2.57. The molecular formula is C42H42NP3. The largest absolute Gasteiger partial charge is 0.261 e. The van der Waals surface area contributed by atoms with E-state index in [0.717, 1.165) is 18.5 Å². The van der Waals surface area contributed by atoms with Gasteiger partial charge in [-0.25, -0.2) is 0 Å². The molecule has 0 bridgehead atoms. The highest BCUT2D eigenvalue weighted by atomic mass is 31.0. The number of rotatable bonds is 12. The predicted octanol–water partition coefficient (Wildman–Crippen LogP) is 9.75. The van der Waals surface area contributed by atoms with Gasteiger partial charge in [-0.2, -0.15) is 0 Å². The van der Waals surface area contributed by atoms with Gasteiger partial charge in [0.1, 0.15) is 0 Å². The summed E-state index contributed by atoms with van der Waals surface area (Å²) in [5, 5.41) is 0. The first kappa shape index (κ1) is 32.5. The zero-order chi connectivity index (χ0) is 31.9. The maximum Gasteiger partial charge on any atom is 0.0771 e. The Morgan fingerprint density at radius 2 is 0.435 bits per heavy atom. The molecule has 6 rings (SSSR count). The summed E-state index contributed by atoms with van der Waals surface area (Å²) in [6, 6.07) is 66.8. The summed E-state index contributed by atoms with van der Waals surface area (Å²) in [5.41, 5.74) is 5.70. The third-order valence-electron chi connectivity index (χ3n) is 9.54. The number of hydrogen-bond donors (Lipinski definition) is 0. The van der Waals surface area contributed by atoms with E-state index in [4.69, 9.17) is 0 Å². The van der Waals surface area contributed by atoms with Gasteiger partial charge in [0.2, 0.25) is 0 Å². The molecule has 0 fully saturated rings. The van der Waals surface area contributed by atoms with Crippen LogP contribution in [0.15, 0.2) is 182 Å². The van der Waals surface area contributed by atoms with Crippen LogP contribution < -0.4 is 0 Å². The average molecular weight is 654 g/mol. The lowest BCUT2D eigenvalue weighted by Gasteiger charge is -2.63. The summed E-state index contributed by atoms with van der Waals surface area (Å²) in [7, 11) is 9.57. The van der Waals surface area contributed by atoms with Crippen molar-refractivity contribution in [1.82, 2.24) is 4.90 Å². The summed E-state index contributed by atoms with van der Waals surface area (Å²) in [6.45, 7) is 0. The minimum Gasteiger partial charge on any atom is -0.261 e. The molecule has 0 aliphatic rings. The van der Waals surface area contributed by atoms with Crippen molar-refractivity contribution < 1.29 is 0 Å². The zero-order valence-electron chi connectivity index (χ0n) is 26.1. The van der Waals surface area contributed by atoms with Gasteiger partial charge in [-0.3, -0.25) is 4.90 Å². The summed E-state index contributed by atoms with van der Waals surface area (Å²) >= 11 is 0. The Bertz CT molecular complexity index is 1450. The molecular weight excluding hydrogens is 611 g/mol. The Morgan fingerprint density at radius 3 is 0.565 bits per heavy atom. The first-order valence-corrected chi connectivity index (χ1v) is 18.4. The van der Waals surface area contributed by atoms with Crippen molar-refractivity contribution >= 4 is 27.7 Å². The standard InChI is InChI=1S/C42H42NP3/c44-31-40(34-19-7-1-8-20-34,35-21-9-2-10-22-35)43(41(32-45,36-23-11-3-12-24-36)37-25-13-4-14-26-37)42(33-46,38-27-15-5-16-28-38)39-29-17-6-18-30-39/h1-30H,31-33,44-46H2. The van der Waals surface area contributed by atoms with Crippen LogP contribution in [-0.4, -0.2) is 23.4 Å². The van der Waals surface area contributed by atoms with Crippen molar-refractivity contribution in [2.75, 3.05) is 18.5 Å². The van der Waals surface area contributed by atoms with Crippen molar-refractivity contribution in [3.63, 3.8) is 0 Å². The molecule has 0 saturated carbocycles. The minimum absolute atomic E-state index is 0.600. The average Bonchev–Trinajstić information content (AvgIpc) is 3.16. The van der Waals surface area contributed by atoms with Gasteiger partial charge in [0, 0.05) is 0 Å². The summed E-state index contributed by atoms with van der Waals surface area (Å²) in [4.78, 5) is 2.89. The number of benzene rings is 6. The van der Waals surface area contributed by atoms with Gasteiger partial charge in [-0.1, -0.05) is 182 Å². The molecule has 0 aliphatic carbocycles. The third-order valence-corrected chi connectivity index (χ3v) is 11.3. The fourth-order valence-electron chi connectivity index (χ4n) is 7.52. The van der Waals surface area contributed by atoms with E-state index in [1.807, 2.05) is 0 Å². The molecule has 4 heteroatoms. The van der Waals surface area contributed by atoms with E-state index in [2.05, 4.69) is 215 Å². The van der Waals surface area contributed by atoms with Crippen molar-refractivity contribution in [1.29, 1.82) is 0 Å². The van der Waals surface area contributed by atoms with Gasteiger partial charge in [0.05, 0.1) is 16.6 Å². The molecule has 0 radical (unpaired) electrons. The van der Waals surface area contributed by atoms with Gasteiger partial charge in [-0.15, -0.1) is 27.7 Å². The van der Waals surface area contributed by atoms with Crippen LogP contribution in [0.4, 0.5) is 0 Å². The first-order chi connectivity index (χ1) is 22.7. The van der Waals surface area contributed by atoms with E-state index in [9.17, 15) is 0 Å². The van der Waals surface area contributed by atoms with Gasteiger partial charge >= 0.3 is 0 Å². The highest BCUT2D eigenvalue weighted by molar-refractivity contribution is 7.17. The van der Waals surface area contributed by atoms with Crippen molar-refractivity contribution in [2.45, 2.75) is 16.6 Å². The van der Waals surface area contributed by atoms with Crippen LogP contribution in [0.1, 0.15) is 33.4 Å². The van der Waals surface area contributed by atoms with Crippen LogP contribution >= 0.6 is 27.7 Å². The predicted molar refractivity (Wildman–Crippen MR) is 207 cm³/mol. The van der Waals surface area contributed by atoms with Crippen molar-refractivity contribution in [3.05, 3.63) is 215 Å². The lowest BCUT2D eigenvalue weighted by atomic mass is 9.68. The fraction of sp³-hybridized carbons (Fsp3) is 0.143. The maximum atomic E-state index is 3.19. The van der Waals surface area contributed by atoms with E-state index < -0.39 is 16.6 Å². The van der Waals surface area contributed by atoms with E-state index in [1.165, 1.54) is 33.4 Å². The molecule has 6 aromatic rings. The smallest absolute Gasteiger partial charge is 0.0771 e. The molecule has 0 heterocycles. The van der Waals surface area contributed by atoms with Crippen LogP contribution in [-0.2, 0) is 16.6 Å². The Balaban J connectivity index is 1.91. The Morgan fingerprint density at radius 1 is 0.283 bits per heavy atom. The molecule has 46 heavy (non-hydrogen) atoms. The van der Waals surface area contributed by atoms with Gasteiger partial charge in [0.15, 0.2) is 0 Å². The highest BCUT2D eigenvalue weighted by Gasteiger charge is 2.59. The molecule has 0 aliphatic heterocycles. The van der Waals surface area contributed by atoms with E-state index in [0.29, 0.717) is 0 Å². The third kappa shape index (κ3) is 5.49. The molecule has 0 amide bonds. The second-order valence-electron chi connectivity index (χ2n) is 11.7. The number of hydrogen-bond acceptors (Lipinski definition) is 1. The van der Waals surface area contributed by atoms with Crippen LogP contribution in [0.3, 0.4) is 0 Å². The molecule has 3 atom stereocenters. The van der Waals surface area contributed by atoms with Crippen LogP contribution in [0.2, 0.25) is 0 Å². The SMILES string of the molecule is PCC(c1ccccc1)(c1ccccc1)N(C(CP)(c1ccccc1)c1ccccc1)C(CP)(c1ccccc1)c1ccccc1. The van der Waals surface area contributed by atoms with E-state index in [-0.39, 0.29) is 0 Å². The minimum atomic E-state index is -0.600. The topological polar surface area (TPSA) is 3.24 Å². The van der Waals surface area contributed by atoms with Crippen molar-refractivity contribution in [3.8, 4) is 0 Å². The molecule has 0 saturated heterocycles. The van der Waals surface area contributed by atoms with Crippen LogP contribution in [0, 0.1) is 0 Å². The number of nitrogens with zero attached hydrogens (tertiary/aromatic N) is 1. The second-order valence-corrected chi connectivity index (χ2v) is 12.9. The summed E-state index contributed by atoms with van der Waals surface area (Å²) < 4.78 is 0. The van der Waals surface area contributed by atoms with Gasteiger partial charge < -0.3 is 0 Å². The zero-order valence-corrected chi connectivity index (χ0v) is 29.6. The van der Waals surface area contributed by atoms with Crippen molar-refractivity contribution in [2.24, 2.45) is 0 Å². The lowest BCUT2D eigenvalue weighted by Crippen LogP contribution is -2.68. The normalized spacial score (nSPS) is 12.3. The Hall–Kier alpha value is -3.43. The summed E-state index contributed by atoms with van der Waals surface area (Å²) in [5.74, 6) is 0. The molecule has 0 N–H and O–H groups in total. The quantitative estimate of drug-likeness (QED) is 0.119. The second kappa shape index (κ2) is 14.6. The Kier molecular flexibility index (Phi) is 10.3. The Labute approximate surface area is 282 Å². The van der Waals surface area contributed by atoms with E-state index in [1.54, 1.807) is 0 Å². The van der Waals surface area contributed by atoms with Crippen LogP contribution in [0.25, 0.3) is 0 Å². The van der Waals surface area contributed by atoms with Gasteiger partial charge in [-0.05, 0) is 51.9 Å². The maximum absolute atomic E-state index is 3.19. The molecule has 1 nitrogen and oxygen atoms in total. The summed E-state index contributed by atoms with van der Waals surface area (Å²) in [6.07, 6.45) is 2.29. The first-order valence-electron chi connectivity index (χ1n) is 15.9. The van der Waals surface area contributed by atoms with E-state index >= 15 is 0 Å². The van der Waals surface area contributed by atoms with Gasteiger partial charge in [0.25, 0.3) is 0 Å².